The summed E-state index contributed by atoms with van der Waals surface area (Å²) in [7, 11) is 0. The number of nitrogens with zero attached hydrogens (tertiary/aromatic N) is 3. The fraction of sp³-hybridized carbons (Fsp3) is 0.450. The third-order valence-corrected chi connectivity index (χ3v) is 5.10. The first-order valence-corrected chi connectivity index (χ1v) is 9.46. The molecule has 1 N–H and O–H groups in total. The van der Waals surface area contributed by atoms with Crippen LogP contribution in [-0.4, -0.2) is 64.5 Å². The van der Waals surface area contributed by atoms with Crippen molar-refractivity contribution in [1.82, 2.24) is 14.9 Å². The Morgan fingerprint density at radius 3 is 2.40 bits per heavy atom. The molecule has 3 heterocycles. The number of benzene rings is 1. The number of carbonyl (C=O) groups is 1. The quantitative estimate of drug-likeness (QED) is 0.743. The first-order valence-electron chi connectivity index (χ1n) is 9.46. The second-order valence-corrected chi connectivity index (χ2v) is 7.01. The molecule has 1 saturated heterocycles. The van der Waals surface area contributed by atoms with Crippen molar-refractivity contribution in [3.05, 3.63) is 47.7 Å². The summed E-state index contributed by atoms with van der Waals surface area (Å²) in [5.74, 6) is -2.98. The fourth-order valence-corrected chi connectivity index (χ4v) is 3.58. The molecule has 1 aromatic carbocycles. The highest BCUT2D eigenvalue weighted by molar-refractivity contribution is 5.73. The van der Waals surface area contributed by atoms with Gasteiger partial charge >= 0.3 is 12.1 Å². The van der Waals surface area contributed by atoms with Gasteiger partial charge in [0.05, 0.1) is 12.3 Å². The number of rotatable bonds is 2. The van der Waals surface area contributed by atoms with E-state index in [4.69, 9.17) is 14.6 Å². The number of aliphatic carboxylic acids is 1. The molecule has 1 aromatic heterocycles. The van der Waals surface area contributed by atoms with Crippen LogP contribution in [0.25, 0.3) is 11.3 Å². The van der Waals surface area contributed by atoms with Crippen LogP contribution >= 0.6 is 0 Å². The lowest BCUT2D eigenvalue weighted by molar-refractivity contribution is -0.192. The minimum absolute atomic E-state index is 0.221. The number of carboxylic acid groups (broad SMARTS) is 1. The van der Waals surface area contributed by atoms with Crippen LogP contribution in [0.4, 0.5) is 17.6 Å². The highest BCUT2D eigenvalue weighted by Crippen LogP contribution is 2.27. The summed E-state index contributed by atoms with van der Waals surface area (Å²) in [4.78, 5) is 20.4. The molecule has 2 aromatic rings. The molecule has 6 nitrogen and oxygen atoms in total. The Balaban J connectivity index is 0.000000318. The third kappa shape index (κ3) is 5.51. The standard InChI is InChI=1S/C18H20FN3O.C2HF3O2/c19-14-3-1-13(2-4-14)18-16-5-8-22(15-7-10-23-11-15)9-6-17(16)20-12-21-18;3-2(4,5)1(6)7/h1-4,12,15H,5-11H2;(H,6,7). The van der Waals surface area contributed by atoms with Crippen LogP contribution in [0, 0.1) is 5.82 Å². The number of carboxylic acids is 1. The molecular formula is C20H21F4N3O3. The summed E-state index contributed by atoms with van der Waals surface area (Å²) >= 11 is 0. The van der Waals surface area contributed by atoms with E-state index in [9.17, 15) is 17.6 Å². The number of aromatic nitrogens is 2. The molecule has 0 aliphatic carbocycles. The van der Waals surface area contributed by atoms with Gasteiger partial charge in [0.25, 0.3) is 0 Å². The molecule has 10 heteroatoms. The zero-order valence-electron chi connectivity index (χ0n) is 16.0. The average molecular weight is 427 g/mol. The Hall–Kier alpha value is -2.59. The van der Waals surface area contributed by atoms with E-state index in [0.29, 0.717) is 6.04 Å². The second-order valence-electron chi connectivity index (χ2n) is 7.01. The molecule has 0 bridgehead atoms. The molecule has 1 atom stereocenters. The van der Waals surface area contributed by atoms with Crippen LogP contribution in [0.2, 0.25) is 0 Å². The Bertz CT molecular complexity index is 869. The first kappa shape index (κ1) is 22.1. The molecule has 0 amide bonds. The van der Waals surface area contributed by atoms with Crippen molar-refractivity contribution in [2.24, 2.45) is 0 Å². The van der Waals surface area contributed by atoms with Crippen LogP contribution in [0.3, 0.4) is 0 Å². The van der Waals surface area contributed by atoms with E-state index in [1.54, 1.807) is 18.5 Å². The number of hydrogen-bond donors (Lipinski definition) is 1. The van der Waals surface area contributed by atoms with Crippen molar-refractivity contribution in [2.45, 2.75) is 31.5 Å². The monoisotopic (exact) mass is 427 g/mol. The van der Waals surface area contributed by atoms with Crippen molar-refractivity contribution >= 4 is 5.97 Å². The van der Waals surface area contributed by atoms with Gasteiger partial charge in [-0.1, -0.05) is 0 Å². The van der Waals surface area contributed by atoms with E-state index < -0.39 is 12.1 Å². The van der Waals surface area contributed by atoms with E-state index in [2.05, 4.69) is 14.9 Å². The van der Waals surface area contributed by atoms with Gasteiger partial charge in [0.15, 0.2) is 0 Å². The highest BCUT2D eigenvalue weighted by Gasteiger charge is 2.38. The normalized spacial score (nSPS) is 19.4. The van der Waals surface area contributed by atoms with Crippen molar-refractivity contribution in [3.8, 4) is 11.3 Å². The molecule has 30 heavy (non-hydrogen) atoms. The van der Waals surface area contributed by atoms with E-state index in [1.165, 1.54) is 17.7 Å². The minimum atomic E-state index is -5.08. The number of hydrogen-bond acceptors (Lipinski definition) is 5. The Morgan fingerprint density at radius 2 is 1.80 bits per heavy atom. The molecule has 1 unspecified atom stereocenters. The van der Waals surface area contributed by atoms with Gasteiger partial charge in [-0.05, 0) is 37.1 Å². The van der Waals surface area contributed by atoms with Crippen LogP contribution < -0.4 is 0 Å². The molecule has 162 valence electrons. The third-order valence-electron chi connectivity index (χ3n) is 5.10. The average Bonchev–Trinajstić information content (AvgIpc) is 3.15. The highest BCUT2D eigenvalue weighted by atomic mass is 19.4. The number of ether oxygens (including phenoxy) is 1. The van der Waals surface area contributed by atoms with Crippen LogP contribution in [0.1, 0.15) is 17.7 Å². The maximum Gasteiger partial charge on any atom is 0.490 e. The van der Waals surface area contributed by atoms with E-state index in [0.717, 1.165) is 62.5 Å². The lowest BCUT2D eigenvalue weighted by atomic mass is 10.0. The fourth-order valence-electron chi connectivity index (χ4n) is 3.58. The second kappa shape index (κ2) is 9.48. The van der Waals surface area contributed by atoms with Crippen LogP contribution in [0.5, 0.6) is 0 Å². The predicted molar refractivity (Wildman–Crippen MR) is 99.3 cm³/mol. The summed E-state index contributed by atoms with van der Waals surface area (Å²) in [5.41, 5.74) is 4.24. The molecule has 0 saturated carbocycles. The van der Waals surface area contributed by atoms with E-state index in [1.807, 2.05) is 0 Å². The lowest BCUT2D eigenvalue weighted by Gasteiger charge is -2.25. The van der Waals surface area contributed by atoms with Gasteiger partial charge in [-0.2, -0.15) is 13.2 Å². The summed E-state index contributed by atoms with van der Waals surface area (Å²) in [6.07, 6.45) is -0.472. The van der Waals surface area contributed by atoms with Crippen molar-refractivity contribution in [3.63, 3.8) is 0 Å². The van der Waals surface area contributed by atoms with Gasteiger partial charge in [0, 0.05) is 49.0 Å². The molecule has 2 aliphatic heterocycles. The molecule has 2 aliphatic rings. The predicted octanol–water partition coefficient (Wildman–Crippen LogP) is 3.11. The Morgan fingerprint density at radius 1 is 1.13 bits per heavy atom. The topological polar surface area (TPSA) is 75.5 Å². The van der Waals surface area contributed by atoms with Gasteiger partial charge in [0.2, 0.25) is 0 Å². The Kier molecular flexibility index (Phi) is 6.99. The van der Waals surface area contributed by atoms with Crippen molar-refractivity contribution in [2.75, 3.05) is 26.3 Å². The van der Waals surface area contributed by atoms with Gasteiger partial charge in [-0.15, -0.1) is 0 Å². The van der Waals surface area contributed by atoms with Gasteiger partial charge < -0.3 is 9.84 Å². The maximum atomic E-state index is 13.2. The SMILES string of the molecule is Fc1ccc(-c2ncnc3c2CCN(C2CCOC2)CC3)cc1.O=C(O)C(F)(F)F. The molecular weight excluding hydrogens is 406 g/mol. The maximum absolute atomic E-state index is 13.2. The number of halogens is 4. The largest absolute Gasteiger partial charge is 0.490 e. The smallest absolute Gasteiger partial charge is 0.475 e. The molecule has 0 radical (unpaired) electrons. The van der Waals surface area contributed by atoms with Gasteiger partial charge in [-0.25, -0.2) is 19.2 Å². The van der Waals surface area contributed by atoms with Crippen LogP contribution in [-0.2, 0) is 22.4 Å². The summed E-state index contributed by atoms with van der Waals surface area (Å²) < 4.78 is 50.4. The summed E-state index contributed by atoms with van der Waals surface area (Å²) in [5, 5.41) is 7.12. The molecule has 4 rings (SSSR count). The van der Waals surface area contributed by atoms with Gasteiger partial charge in [-0.3, -0.25) is 4.90 Å². The van der Waals surface area contributed by atoms with E-state index in [-0.39, 0.29) is 5.82 Å². The summed E-state index contributed by atoms with van der Waals surface area (Å²) in [6.45, 7) is 3.73. The lowest BCUT2D eigenvalue weighted by Crippen LogP contribution is -2.37. The first-order chi connectivity index (χ1) is 14.3. The minimum Gasteiger partial charge on any atom is -0.475 e. The van der Waals surface area contributed by atoms with Crippen LogP contribution in [0.15, 0.2) is 30.6 Å². The summed E-state index contributed by atoms with van der Waals surface area (Å²) in [6, 6.07) is 7.11. The number of fused-ring (bicyclic) bond motifs is 1. The zero-order valence-corrected chi connectivity index (χ0v) is 16.0. The molecule has 0 spiro atoms. The molecule has 1 fully saturated rings. The van der Waals surface area contributed by atoms with Crippen molar-refractivity contribution in [1.29, 1.82) is 0 Å². The zero-order chi connectivity index (χ0) is 21.7. The van der Waals surface area contributed by atoms with Crippen molar-refractivity contribution < 1.29 is 32.2 Å². The van der Waals surface area contributed by atoms with Gasteiger partial charge in [0.1, 0.15) is 12.1 Å². The van der Waals surface area contributed by atoms with E-state index >= 15 is 0 Å². The Labute approximate surface area is 170 Å². The number of alkyl halides is 3.